The molecule has 0 amide bonds. The lowest BCUT2D eigenvalue weighted by atomic mass is 10.1. The Kier molecular flexibility index (Phi) is 4.34. The molecule has 0 bridgehead atoms. The third kappa shape index (κ3) is 3.16. The van der Waals surface area contributed by atoms with Crippen LogP contribution in [0.2, 0.25) is 0 Å². The van der Waals surface area contributed by atoms with Gasteiger partial charge in [-0.2, -0.15) is 0 Å². The number of halogens is 1. The Morgan fingerprint density at radius 1 is 1.29 bits per heavy atom. The number of nitrogens with one attached hydrogen (secondary N) is 1. The Labute approximate surface area is 129 Å². The van der Waals surface area contributed by atoms with E-state index in [1.807, 2.05) is 18.2 Å². The Bertz CT molecular complexity index is 633. The number of benzene rings is 1. The summed E-state index contributed by atoms with van der Waals surface area (Å²) in [5.74, 6) is 2.42. The first-order valence-electron chi connectivity index (χ1n) is 7.34. The van der Waals surface area contributed by atoms with Gasteiger partial charge in [0.15, 0.2) is 11.5 Å². The third-order valence-electron chi connectivity index (χ3n) is 3.52. The fourth-order valence-electron chi connectivity index (χ4n) is 2.47. The number of aromatic nitrogens is 1. The molecule has 112 valence electrons. The second kappa shape index (κ2) is 6.39. The maximum atomic E-state index is 6.26. The van der Waals surface area contributed by atoms with Crippen molar-refractivity contribution >= 4 is 28.2 Å². The summed E-state index contributed by atoms with van der Waals surface area (Å²) in [5.41, 5.74) is 0. The number of hydrogen-bond donors (Lipinski definition) is 1. The van der Waals surface area contributed by atoms with Gasteiger partial charge in [-0.3, -0.25) is 0 Å². The lowest BCUT2D eigenvalue weighted by Crippen LogP contribution is -2.16. The molecule has 1 aromatic carbocycles. The van der Waals surface area contributed by atoms with Crippen molar-refractivity contribution in [1.29, 1.82) is 0 Å². The van der Waals surface area contributed by atoms with E-state index in [0.29, 0.717) is 19.8 Å². The van der Waals surface area contributed by atoms with E-state index in [9.17, 15) is 0 Å². The van der Waals surface area contributed by atoms with E-state index in [-0.39, 0.29) is 5.38 Å². The van der Waals surface area contributed by atoms with Crippen molar-refractivity contribution in [2.24, 2.45) is 0 Å². The number of pyridine rings is 1. The summed E-state index contributed by atoms with van der Waals surface area (Å²) in [6.45, 7) is 4.02. The minimum absolute atomic E-state index is 0.115. The van der Waals surface area contributed by atoms with Crippen molar-refractivity contribution in [1.82, 2.24) is 4.98 Å². The van der Waals surface area contributed by atoms with Crippen LogP contribution in [0.1, 0.15) is 19.8 Å². The van der Waals surface area contributed by atoms with E-state index in [1.54, 1.807) is 6.20 Å². The SMILES string of the molecule is CCCC(Cl)CNc1nccc2cc3c(cc12)OCCO3. The minimum Gasteiger partial charge on any atom is -0.486 e. The summed E-state index contributed by atoms with van der Waals surface area (Å²) in [6, 6.07) is 5.96. The third-order valence-corrected chi connectivity index (χ3v) is 3.89. The van der Waals surface area contributed by atoms with Crippen LogP contribution in [0.5, 0.6) is 11.5 Å². The van der Waals surface area contributed by atoms with E-state index in [0.717, 1.165) is 40.9 Å². The summed E-state index contributed by atoms with van der Waals surface area (Å²) < 4.78 is 11.3. The second-order valence-electron chi connectivity index (χ2n) is 5.14. The molecule has 1 N–H and O–H groups in total. The fourth-order valence-corrected chi connectivity index (χ4v) is 2.77. The Morgan fingerprint density at radius 3 is 2.81 bits per heavy atom. The molecule has 1 aromatic heterocycles. The van der Waals surface area contributed by atoms with Gasteiger partial charge in [0.1, 0.15) is 19.0 Å². The number of rotatable bonds is 5. The Hall–Kier alpha value is -1.68. The number of ether oxygens (including phenoxy) is 2. The fraction of sp³-hybridized carbons (Fsp3) is 0.438. The van der Waals surface area contributed by atoms with Gasteiger partial charge in [0.2, 0.25) is 0 Å². The van der Waals surface area contributed by atoms with Crippen molar-refractivity contribution in [3.63, 3.8) is 0 Å². The number of anilines is 1. The van der Waals surface area contributed by atoms with Crippen molar-refractivity contribution in [2.75, 3.05) is 25.1 Å². The van der Waals surface area contributed by atoms with E-state index in [1.165, 1.54) is 0 Å². The largest absolute Gasteiger partial charge is 0.486 e. The second-order valence-corrected chi connectivity index (χ2v) is 5.76. The van der Waals surface area contributed by atoms with Gasteiger partial charge in [-0.15, -0.1) is 11.6 Å². The maximum absolute atomic E-state index is 6.26. The average Bonchev–Trinajstić information content (AvgIpc) is 2.51. The number of alkyl halides is 1. The van der Waals surface area contributed by atoms with Crippen molar-refractivity contribution in [2.45, 2.75) is 25.1 Å². The molecule has 0 fully saturated rings. The zero-order chi connectivity index (χ0) is 14.7. The highest BCUT2D eigenvalue weighted by molar-refractivity contribution is 6.20. The first kappa shape index (κ1) is 14.3. The standard InChI is InChI=1S/C16H19ClN2O2/c1-2-3-12(17)10-19-16-13-9-15-14(20-6-7-21-15)8-11(13)4-5-18-16/h4-5,8-9,12H,2-3,6-7,10H2,1H3,(H,18,19). The number of hydrogen-bond acceptors (Lipinski definition) is 4. The van der Waals surface area contributed by atoms with Crippen LogP contribution in [-0.4, -0.2) is 30.1 Å². The zero-order valence-electron chi connectivity index (χ0n) is 12.1. The number of fused-ring (bicyclic) bond motifs is 2. The molecule has 3 rings (SSSR count). The molecule has 2 aromatic rings. The molecule has 5 heteroatoms. The molecule has 1 aliphatic heterocycles. The predicted molar refractivity (Wildman–Crippen MR) is 85.8 cm³/mol. The summed E-state index contributed by atoms with van der Waals surface area (Å²) in [7, 11) is 0. The van der Waals surface area contributed by atoms with Crippen LogP contribution in [0.3, 0.4) is 0 Å². The Balaban J connectivity index is 1.88. The molecule has 21 heavy (non-hydrogen) atoms. The van der Waals surface area contributed by atoms with Gasteiger partial charge in [-0.25, -0.2) is 4.98 Å². The van der Waals surface area contributed by atoms with Crippen LogP contribution in [0.25, 0.3) is 10.8 Å². The van der Waals surface area contributed by atoms with Gasteiger partial charge in [0.05, 0.1) is 5.38 Å². The van der Waals surface area contributed by atoms with Crippen molar-refractivity contribution in [3.8, 4) is 11.5 Å². The summed E-state index contributed by atoms with van der Waals surface area (Å²) in [5, 5.41) is 5.57. The van der Waals surface area contributed by atoms with E-state index < -0.39 is 0 Å². The van der Waals surface area contributed by atoms with Gasteiger partial charge in [0, 0.05) is 18.1 Å². The van der Waals surface area contributed by atoms with Gasteiger partial charge in [-0.05, 0) is 30.0 Å². The van der Waals surface area contributed by atoms with Gasteiger partial charge in [0.25, 0.3) is 0 Å². The van der Waals surface area contributed by atoms with Crippen molar-refractivity contribution in [3.05, 3.63) is 24.4 Å². The maximum Gasteiger partial charge on any atom is 0.162 e. The Morgan fingerprint density at radius 2 is 2.05 bits per heavy atom. The first-order chi connectivity index (χ1) is 10.3. The summed E-state index contributed by atoms with van der Waals surface area (Å²) in [4.78, 5) is 4.42. The highest BCUT2D eigenvalue weighted by Gasteiger charge is 2.14. The molecule has 0 radical (unpaired) electrons. The lowest BCUT2D eigenvalue weighted by Gasteiger charge is -2.19. The molecule has 2 heterocycles. The van der Waals surface area contributed by atoms with Crippen molar-refractivity contribution < 1.29 is 9.47 Å². The van der Waals surface area contributed by atoms with Crippen LogP contribution in [0.4, 0.5) is 5.82 Å². The summed E-state index contributed by atoms with van der Waals surface area (Å²) in [6.07, 6.45) is 3.87. The summed E-state index contributed by atoms with van der Waals surface area (Å²) >= 11 is 6.26. The van der Waals surface area contributed by atoms with Gasteiger partial charge >= 0.3 is 0 Å². The van der Waals surface area contributed by atoms with Crippen LogP contribution in [0.15, 0.2) is 24.4 Å². The molecule has 0 saturated carbocycles. The van der Waals surface area contributed by atoms with Gasteiger partial charge in [-0.1, -0.05) is 13.3 Å². The van der Waals surface area contributed by atoms with Crippen LogP contribution in [0, 0.1) is 0 Å². The van der Waals surface area contributed by atoms with E-state index >= 15 is 0 Å². The predicted octanol–water partition coefficient (Wildman–Crippen LogP) is 3.83. The molecule has 4 nitrogen and oxygen atoms in total. The normalized spacial score (nSPS) is 15.0. The highest BCUT2D eigenvalue weighted by Crippen LogP contribution is 2.36. The van der Waals surface area contributed by atoms with Crippen LogP contribution < -0.4 is 14.8 Å². The monoisotopic (exact) mass is 306 g/mol. The molecule has 1 atom stereocenters. The topological polar surface area (TPSA) is 43.4 Å². The number of nitrogens with zero attached hydrogens (tertiary/aromatic N) is 1. The average molecular weight is 307 g/mol. The molecular formula is C16H19ClN2O2. The molecule has 0 spiro atoms. The zero-order valence-corrected chi connectivity index (χ0v) is 12.8. The molecule has 0 aliphatic carbocycles. The minimum atomic E-state index is 0.115. The molecular weight excluding hydrogens is 288 g/mol. The molecule has 1 aliphatic rings. The smallest absolute Gasteiger partial charge is 0.162 e. The quantitative estimate of drug-likeness (QED) is 0.853. The van der Waals surface area contributed by atoms with Gasteiger partial charge < -0.3 is 14.8 Å². The lowest BCUT2D eigenvalue weighted by molar-refractivity contribution is 0.172. The molecule has 1 unspecified atom stereocenters. The molecule has 0 saturated heterocycles. The highest BCUT2D eigenvalue weighted by atomic mass is 35.5. The van der Waals surface area contributed by atoms with E-state index in [4.69, 9.17) is 21.1 Å². The van der Waals surface area contributed by atoms with E-state index in [2.05, 4.69) is 17.2 Å². The van der Waals surface area contributed by atoms with Crippen LogP contribution >= 0.6 is 11.6 Å². The first-order valence-corrected chi connectivity index (χ1v) is 7.78. The van der Waals surface area contributed by atoms with Crippen LogP contribution in [-0.2, 0) is 0 Å².